The zero-order valence-corrected chi connectivity index (χ0v) is 12.4. The van der Waals surface area contributed by atoms with Crippen LogP contribution in [0.5, 0.6) is 0 Å². The lowest BCUT2D eigenvalue weighted by molar-refractivity contribution is 0.350. The molecule has 0 spiro atoms. The van der Waals surface area contributed by atoms with Crippen molar-refractivity contribution in [3.8, 4) is 11.8 Å². The molecule has 1 aromatic rings. The molecule has 1 aliphatic rings. The molecule has 1 aliphatic heterocycles. The van der Waals surface area contributed by atoms with Gasteiger partial charge in [0.1, 0.15) is 11.5 Å². The lowest BCUT2D eigenvalue weighted by Gasteiger charge is -2.20. The molecule has 0 aliphatic carbocycles. The molecule has 0 aromatic carbocycles. The fraction of sp³-hybridized carbons (Fsp3) is 0.500. The molecule has 20 heavy (non-hydrogen) atoms. The van der Waals surface area contributed by atoms with E-state index in [1.807, 2.05) is 13.8 Å². The second-order valence-electron chi connectivity index (χ2n) is 5.13. The molecule has 6 heteroatoms. The van der Waals surface area contributed by atoms with Gasteiger partial charge in [-0.2, -0.15) is 4.31 Å². The van der Waals surface area contributed by atoms with Crippen LogP contribution in [0.2, 0.25) is 0 Å². The van der Waals surface area contributed by atoms with Crippen LogP contribution < -0.4 is 0 Å². The molecule has 2 atom stereocenters. The number of hydrogen-bond acceptors (Lipinski definition) is 4. The van der Waals surface area contributed by atoms with Gasteiger partial charge < -0.3 is 5.11 Å². The maximum Gasteiger partial charge on any atom is 0.244 e. The Morgan fingerprint density at radius 2 is 2.20 bits per heavy atom. The highest BCUT2D eigenvalue weighted by Crippen LogP contribution is 2.28. The van der Waals surface area contributed by atoms with Crippen LogP contribution in [0.25, 0.3) is 0 Å². The molecular formula is C14H18N2O3S. The zero-order chi connectivity index (χ0) is 14.8. The summed E-state index contributed by atoms with van der Waals surface area (Å²) in [5, 5.41) is 8.67. The lowest BCUT2D eigenvalue weighted by atomic mass is 10.1. The first kappa shape index (κ1) is 15.0. The van der Waals surface area contributed by atoms with Gasteiger partial charge >= 0.3 is 0 Å². The number of hydrogen-bond donors (Lipinski definition) is 1. The molecule has 1 fully saturated rings. The third-order valence-electron chi connectivity index (χ3n) is 3.36. The van der Waals surface area contributed by atoms with Crippen molar-refractivity contribution < 1.29 is 13.5 Å². The average molecular weight is 294 g/mol. The number of aliphatic hydroxyl groups is 1. The van der Waals surface area contributed by atoms with Gasteiger partial charge in [-0.1, -0.05) is 18.8 Å². The van der Waals surface area contributed by atoms with Gasteiger partial charge in [0.25, 0.3) is 0 Å². The van der Waals surface area contributed by atoms with Gasteiger partial charge in [0, 0.05) is 30.5 Å². The first-order valence-electron chi connectivity index (χ1n) is 6.51. The van der Waals surface area contributed by atoms with Crippen molar-refractivity contribution >= 4 is 10.0 Å². The van der Waals surface area contributed by atoms with E-state index in [1.165, 1.54) is 22.8 Å². The Labute approximate surface area is 119 Å². The summed E-state index contributed by atoms with van der Waals surface area (Å²) in [6.45, 7) is 4.24. The van der Waals surface area contributed by atoms with Crippen LogP contribution in [-0.2, 0) is 10.0 Å². The first-order valence-corrected chi connectivity index (χ1v) is 7.95. The summed E-state index contributed by atoms with van der Waals surface area (Å²) in [6.07, 6.45) is 3.70. The number of sulfonamides is 1. The largest absolute Gasteiger partial charge is 0.384 e. The standard InChI is InChI=1S/C14H18N2O3S/c1-11-6-12(2)16(10-11)20(18,19)14-7-13(4-3-5-17)8-15-9-14/h7-9,11-12,17H,5-6,10H2,1-2H3. The molecule has 1 aromatic heterocycles. The molecule has 2 heterocycles. The lowest BCUT2D eigenvalue weighted by Crippen LogP contribution is -2.34. The molecule has 2 unspecified atom stereocenters. The van der Waals surface area contributed by atoms with Crippen molar-refractivity contribution in [2.75, 3.05) is 13.2 Å². The molecule has 5 nitrogen and oxygen atoms in total. The van der Waals surface area contributed by atoms with Gasteiger partial charge in [0.15, 0.2) is 0 Å². The molecule has 0 saturated carbocycles. The predicted molar refractivity (Wildman–Crippen MR) is 75.3 cm³/mol. The minimum atomic E-state index is -3.53. The molecule has 2 rings (SSSR count). The third-order valence-corrected chi connectivity index (χ3v) is 5.30. The monoisotopic (exact) mass is 294 g/mol. The SMILES string of the molecule is CC1CC(C)N(S(=O)(=O)c2cncc(C#CCO)c2)C1. The Hall–Kier alpha value is -1.42. The highest BCUT2D eigenvalue weighted by Gasteiger charge is 2.36. The second kappa shape index (κ2) is 5.92. The summed E-state index contributed by atoms with van der Waals surface area (Å²) in [5.74, 6) is 5.52. The Kier molecular flexibility index (Phi) is 4.43. The number of aromatic nitrogens is 1. The summed E-state index contributed by atoms with van der Waals surface area (Å²) in [7, 11) is -3.53. The van der Waals surface area contributed by atoms with Crippen molar-refractivity contribution in [2.24, 2.45) is 5.92 Å². The van der Waals surface area contributed by atoms with E-state index >= 15 is 0 Å². The normalized spacial score (nSPS) is 23.4. The van der Waals surface area contributed by atoms with E-state index in [0.717, 1.165) is 6.42 Å². The number of aliphatic hydroxyl groups excluding tert-OH is 1. The van der Waals surface area contributed by atoms with E-state index in [-0.39, 0.29) is 17.5 Å². The highest BCUT2D eigenvalue weighted by atomic mass is 32.2. The second-order valence-corrected chi connectivity index (χ2v) is 7.02. The fourth-order valence-corrected chi connectivity index (χ4v) is 4.25. The van der Waals surface area contributed by atoms with E-state index in [9.17, 15) is 8.42 Å². The smallest absolute Gasteiger partial charge is 0.244 e. The quantitative estimate of drug-likeness (QED) is 0.821. The Balaban J connectivity index is 2.35. The number of pyridine rings is 1. The molecule has 0 bridgehead atoms. The van der Waals surface area contributed by atoms with Gasteiger partial charge in [0.05, 0.1) is 0 Å². The van der Waals surface area contributed by atoms with Crippen molar-refractivity contribution in [3.63, 3.8) is 0 Å². The van der Waals surface area contributed by atoms with E-state index in [1.54, 1.807) is 0 Å². The zero-order valence-electron chi connectivity index (χ0n) is 11.6. The van der Waals surface area contributed by atoms with Crippen molar-refractivity contribution in [1.82, 2.24) is 9.29 Å². The molecule has 108 valence electrons. The van der Waals surface area contributed by atoms with Gasteiger partial charge in [-0.15, -0.1) is 0 Å². The van der Waals surface area contributed by atoms with Crippen molar-refractivity contribution in [1.29, 1.82) is 0 Å². The maximum absolute atomic E-state index is 12.6. The van der Waals surface area contributed by atoms with Crippen molar-refractivity contribution in [3.05, 3.63) is 24.0 Å². The van der Waals surface area contributed by atoms with Crippen LogP contribution in [0.1, 0.15) is 25.8 Å². The first-order chi connectivity index (χ1) is 9.45. The van der Waals surface area contributed by atoms with Gasteiger partial charge in [-0.25, -0.2) is 8.42 Å². The third kappa shape index (κ3) is 3.01. The summed E-state index contributed by atoms with van der Waals surface area (Å²) in [6, 6.07) is 1.50. The van der Waals surface area contributed by atoms with E-state index < -0.39 is 10.0 Å². The number of rotatable bonds is 2. The summed E-state index contributed by atoms with van der Waals surface area (Å²) in [4.78, 5) is 4.09. The average Bonchev–Trinajstić information content (AvgIpc) is 2.76. The van der Waals surface area contributed by atoms with Crippen LogP contribution in [-0.4, -0.2) is 42.0 Å². The van der Waals surface area contributed by atoms with Gasteiger partial charge in [0.2, 0.25) is 10.0 Å². The molecule has 1 saturated heterocycles. The van der Waals surface area contributed by atoms with Crippen LogP contribution in [0, 0.1) is 17.8 Å². The minimum Gasteiger partial charge on any atom is -0.384 e. The van der Waals surface area contributed by atoms with Gasteiger partial charge in [-0.05, 0) is 25.3 Å². The Bertz CT molecular complexity index is 646. The van der Waals surface area contributed by atoms with E-state index in [2.05, 4.69) is 16.8 Å². The predicted octanol–water partition coefficient (Wildman–Crippen LogP) is 0.844. The van der Waals surface area contributed by atoms with Crippen molar-refractivity contribution in [2.45, 2.75) is 31.2 Å². The highest BCUT2D eigenvalue weighted by molar-refractivity contribution is 7.89. The number of nitrogens with zero attached hydrogens (tertiary/aromatic N) is 2. The molecule has 0 radical (unpaired) electrons. The molecular weight excluding hydrogens is 276 g/mol. The molecule has 1 N–H and O–H groups in total. The van der Waals surface area contributed by atoms with Crippen LogP contribution in [0.4, 0.5) is 0 Å². The fourth-order valence-electron chi connectivity index (χ4n) is 2.50. The van der Waals surface area contributed by atoms with Crippen LogP contribution in [0.3, 0.4) is 0 Å². The summed E-state index contributed by atoms with van der Waals surface area (Å²) >= 11 is 0. The van der Waals surface area contributed by atoms with Crippen LogP contribution >= 0.6 is 0 Å². The van der Waals surface area contributed by atoms with Gasteiger partial charge in [-0.3, -0.25) is 4.98 Å². The van der Waals surface area contributed by atoms with E-state index in [0.29, 0.717) is 18.0 Å². The Morgan fingerprint density at radius 1 is 1.45 bits per heavy atom. The topological polar surface area (TPSA) is 70.5 Å². The van der Waals surface area contributed by atoms with E-state index in [4.69, 9.17) is 5.11 Å². The Morgan fingerprint density at radius 3 is 2.80 bits per heavy atom. The summed E-state index contributed by atoms with van der Waals surface area (Å²) in [5.41, 5.74) is 0.486. The maximum atomic E-state index is 12.6. The minimum absolute atomic E-state index is 0.00202. The van der Waals surface area contributed by atoms with Crippen LogP contribution in [0.15, 0.2) is 23.4 Å². The summed E-state index contributed by atoms with van der Waals surface area (Å²) < 4.78 is 26.7. The molecule has 0 amide bonds.